The van der Waals surface area contributed by atoms with Gasteiger partial charge in [-0.2, -0.15) is 0 Å². The molecule has 1 aliphatic heterocycles. The van der Waals surface area contributed by atoms with Crippen molar-refractivity contribution in [3.05, 3.63) is 47.3 Å². The zero-order valence-corrected chi connectivity index (χ0v) is 21.5. The van der Waals surface area contributed by atoms with Crippen molar-refractivity contribution in [3.63, 3.8) is 0 Å². The van der Waals surface area contributed by atoms with Gasteiger partial charge in [0.05, 0.1) is 23.7 Å². The Bertz CT molecular complexity index is 1180. The molecular weight excluding hydrogens is 475 g/mol. The van der Waals surface area contributed by atoms with Crippen LogP contribution in [0.15, 0.2) is 30.3 Å². The average Bonchev–Trinajstić information content (AvgIpc) is 3.53. The molecule has 0 spiro atoms. The van der Waals surface area contributed by atoms with Gasteiger partial charge in [0.25, 0.3) is 0 Å². The number of hydrogen-bond donors (Lipinski definition) is 2. The highest BCUT2D eigenvalue weighted by Gasteiger charge is 2.46. The van der Waals surface area contributed by atoms with Crippen LogP contribution in [-0.2, 0) is 16.0 Å². The van der Waals surface area contributed by atoms with Gasteiger partial charge in [0.15, 0.2) is 11.5 Å². The fourth-order valence-electron chi connectivity index (χ4n) is 5.67. The summed E-state index contributed by atoms with van der Waals surface area (Å²) in [6, 6.07) is 8.88. The topological polar surface area (TPSA) is 88.1 Å². The normalized spacial score (nSPS) is 20.6. The molecule has 2 fully saturated rings. The largest absolute Gasteiger partial charge is 0.481 e. The third-order valence-electron chi connectivity index (χ3n) is 7.58. The van der Waals surface area contributed by atoms with Crippen LogP contribution in [0.5, 0.6) is 11.5 Å². The van der Waals surface area contributed by atoms with Crippen LogP contribution < -0.4 is 19.7 Å². The summed E-state index contributed by atoms with van der Waals surface area (Å²) in [5.74, 6) is -0.870. The minimum absolute atomic E-state index is 0.123. The van der Waals surface area contributed by atoms with Crippen molar-refractivity contribution >= 4 is 23.3 Å². The van der Waals surface area contributed by atoms with Crippen LogP contribution in [-0.4, -0.2) is 36.4 Å². The summed E-state index contributed by atoms with van der Waals surface area (Å²) in [6.07, 6.45) is 6.07. The van der Waals surface area contributed by atoms with Crippen LogP contribution in [0.25, 0.3) is 0 Å². The number of nitrogens with zero attached hydrogens (tertiary/aromatic N) is 1. The molecule has 5 rings (SSSR count). The van der Waals surface area contributed by atoms with E-state index in [9.17, 15) is 14.7 Å². The van der Waals surface area contributed by atoms with E-state index < -0.39 is 17.7 Å². The highest BCUT2D eigenvalue weighted by atomic mass is 19.1. The molecule has 2 aromatic carbocycles. The molecule has 2 aliphatic carbocycles. The van der Waals surface area contributed by atoms with Crippen LogP contribution in [0.4, 0.5) is 15.8 Å². The van der Waals surface area contributed by atoms with Gasteiger partial charge in [-0.05, 0) is 60.6 Å². The monoisotopic (exact) mass is 510 g/mol. The minimum atomic E-state index is -0.912. The number of amides is 1. The number of benzene rings is 2. The van der Waals surface area contributed by atoms with Gasteiger partial charge in [0.2, 0.25) is 12.7 Å². The molecule has 3 aliphatic rings. The van der Waals surface area contributed by atoms with Crippen LogP contribution >= 0.6 is 0 Å². The molecule has 1 amide bonds. The number of halogens is 1. The van der Waals surface area contributed by atoms with Gasteiger partial charge >= 0.3 is 5.97 Å². The molecule has 0 aromatic heterocycles. The molecule has 2 N–H and O–H groups in total. The number of hydrogen-bond acceptors (Lipinski definition) is 5. The molecule has 0 bridgehead atoms. The van der Waals surface area contributed by atoms with Gasteiger partial charge in [0.1, 0.15) is 5.82 Å². The maximum Gasteiger partial charge on any atom is 0.307 e. The summed E-state index contributed by atoms with van der Waals surface area (Å²) in [4.78, 5) is 27.0. The van der Waals surface area contributed by atoms with Gasteiger partial charge in [0, 0.05) is 18.5 Å². The summed E-state index contributed by atoms with van der Waals surface area (Å²) >= 11 is 0. The van der Waals surface area contributed by atoms with E-state index in [1.165, 1.54) is 12.5 Å². The smallest absolute Gasteiger partial charge is 0.307 e. The molecule has 0 saturated heterocycles. The first-order chi connectivity index (χ1) is 17.8. The molecule has 198 valence electrons. The number of carboxylic acid groups (broad SMARTS) is 1. The Balaban J connectivity index is 1.46. The molecule has 7 nitrogen and oxygen atoms in total. The lowest BCUT2D eigenvalue weighted by Gasteiger charge is -2.38. The number of nitrogens with one attached hydrogen (secondary N) is 1. The number of ether oxygens (including phenoxy) is 2. The molecule has 2 saturated carbocycles. The summed E-state index contributed by atoms with van der Waals surface area (Å²) in [7, 11) is 0. The van der Waals surface area contributed by atoms with Crippen molar-refractivity contribution in [1.82, 2.24) is 0 Å². The van der Waals surface area contributed by atoms with E-state index >= 15 is 4.39 Å². The highest BCUT2D eigenvalue weighted by Crippen LogP contribution is 2.50. The van der Waals surface area contributed by atoms with Crippen molar-refractivity contribution in [2.75, 3.05) is 23.6 Å². The van der Waals surface area contributed by atoms with Crippen molar-refractivity contribution < 1.29 is 28.6 Å². The van der Waals surface area contributed by atoms with E-state index in [1.807, 2.05) is 6.07 Å². The number of carbonyl (C=O) groups excluding carboxylic acids is 1. The number of carboxylic acids is 1. The zero-order chi connectivity index (χ0) is 26.1. The van der Waals surface area contributed by atoms with Gasteiger partial charge in [-0.15, -0.1) is 0 Å². The predicted octanol–water partition coefficient (Wildman–Crippen LogP) is 5.72. The molecule has 0 unspecified atom stereocenters. The summed E-state index contributed by atoms with van der Waals surface area (Å²) in [5.41, 5.74) is 2.37. The van der Waals surface area contributed by atoms with E-state index in [-0.39, 0.29) is 31.1 Å². The second kappa shape index (κ2) is 10.6. The minimum Gasteiger partial charge on any atom is -0.481 e. The van der Waals surface area contributed by atoms with Gasteiger partial charge in [-0.3, -0.25) is 9.59 Å². The third-order valence-corrected chi connectivity index (χ3v) is 7.58. The van der Waals surface area contributed by atoms with E-state index in [4.69, 9.17) is 9.47 Å². The molecule has 0 radical (unpaired) electrons. The number of aliphatic carboxylic acids is 1. The van der Waals surface area contributed by atoms with Crippen LogP contribution in [0.1, 0.15) is 69.4 Å². The zero-order valence-electron chi connectivity index (χ0n) is 21.5. The molecule has 2 aromatic rings. The van der Waals surface area contributed by atoms with E-state index in [0.29, 0.717) is 40.8 Å². The van der Waals surface area contributed by atoms with Crippen molar-refractivity contribution in [2.45, 2.75) is 70.8 Å². The maximum absolute atomic E-state index is 15.5. The SMILES string of the molecule is CC(C)CN(c1cc(F)c([C@H]2C[C@H]2C(=O)O)cc1NC(=O)Cc1ccc2c(c1)OCO2)C1CCCCC1. The van der Waals surface area contributed by atoms with Crippen LogP contribution in [0, 0.1) is 17.7 Å². The summed E-state index contributed by atoms with van der Waals surface area (Å²) in [5, 5.41) is 12.5. The first-order valence-corrected chi connectivity index (χ1v) is 13.3. The van der Waals surface area contributed by atoms with Crippen LogP contribution in [0.2, 0.25) is 0 Å². The van der Waals surface area contributed by atoms with E-state index in [2.05, 4.69) is 24.1 Å². The molecular formula is C29H35FN2O5. The lowest BCUT2D eigenvalue weighted by atomic mass is 9.92. The van der Waals surface area contributed by atoms with Crippen LogP contribution in [0.3, 0.4) is 0 Å². The Kier molecular flexibility index (Phi) is 7.26. The Labute approximate surface area is 216 Å². The predicted molar refractivity (Wildman–Crippen MR) is 139 cm³/mol. The van der Waals surface area contributed by atoms with E-state index in [1.54, 1.807) is 18.2 Å². The lowest BCUT2D eigenvalue weighted by Crippen LogP contribution is -2.40. The standard InChI is InChI=1S/C29H35FN2O5/c1-17(2)15-32(19-6-4-3-5-7-19)25-14-23(30)21(20-12-22(20)29(34)35)13-24(25)31-28(33)11-18-8-9-26-27(10-18)37-16-36-26/h8-10,13-14,17,19-20,22H,3-7,11-12,15-16H2,1-2H3,(H,31,33)(H,34,35)/t20-,22-/m1/s1. The number of fused-ring (bicyclic) bond motifs is 1. The Morgan fingerprint density at radius 1 is 1.11 bits per heavy atom. The lowest BCUT2D eigenvalue weighted by molar-refractivity contribution is -0.138. The Hall–Kier alpha value is -3.29. The first kappa shape index (κ1) is 25.4. The number of carbonyl (C=O) groups is 2. The van der Waals surface area contributed by atoms with Crippen molar-refractivity contribution in [3.8, 4) is 11.5 Å². The van der Waals surface area contributed by atoms with Gasteiger partial charge in [-0.1, -0.05) is 39.2 Å². The molecule has 37 heavy (non-hydrogen) atoms. The number of anilines is 2. The summed E-state index contributed by atoms with van der Waals surface area (Å²) in [6.45, 7) is 5.19. The maximum atomic E-state index is 15.5. The summed E-state index contributed by atoms with van der Waals surface area (Å²) < 4.78 is 26.3. The van der Waals surface area contributed by atoms with Crippen molar-refractivity contribution in [2.24, 2.45) is 11.8 Å². The Morgan fingerprint density at radius 3 is 2.57 bits per heavy atom. The molecule has 2 atom stereocenters. The quantitative estimate of drug-likeness (QED) is 0.449. The van der Waals surface area contributed by atoms with Gasteiger partial charge in [-0.25, -0.2) is 4.39 Å². The molecule has 1 heterocycles. The second-order valence-electron chi connectivity index (χ2n) is 10.9. The average molecular weight is 511 g/mol. The third kappa shape index (κ3) is 5.68. The van der Waals surface area contributed by atoms with Gasteiger partial charge < -0.3 is 24.8 Å². The van der Waals surface area contributed by atoms with Crippen molar-refractivity contribution in [1.29, 1.82) is 0 Å². The first-order valence-electron chi connectivity index (χ1n) is 13.3. The highest BCUT2D eigenvalue weighted by molar-refractivity contribution is 5.96. The number of rotatable bonds is 9. The van der Waals surface area contributed by atoms with E-state index in [0.717, 1.165) is 37.8 Å². The Morgan fingerprint density at radius 2 is 1.86 bits per heavy atom. The fourth-order valence-corrected chi connectivity index (χ4v) is 5.67. The molecule has 8 heteroatoms. The fraction of sp³-hybridized carbons (Fsp3) is 0.517. The second-order valence-corrected chi connectivity index (χ2v) is 10.9.